The quantitative estimate of drug-likeness (QED) is 0.858. The maximum atomic E-state index is 12.9. The Labute approximate surface area is 137 Å². The minimum Gasteiger partial charge on any atom is -0.481 e. The van der Waals surface area contributed by atoms with E-state index in [2.05, 4.69) is 13.8 Å². The van der Waals surface area contributed by atoms with Gasteiger partial charge in [0.15, 0.2) is 5.78 Å². The molecule has 2 saturated carbocycles. The second-order valence-corrected chi connectivity index (χ2v) is 7.73. The molecule has 3 nitrogen and oxygen atoms in total. The Balaban J connectivity index is 1.93. The van der Waals surface area contributed by atoms with E-state index in [0.717, 1.165) is 24.0 Å². The third-order valence-corrected chi connectivity index (χ3v) is 6.36. The van der Waals surface area contributed by atoms with Crippen molar-refractivity contribution in [3.05, 3.63) is 47.5 Å². The first kappa shape index (κ1) is 16.0. The van der Waals surface area contributed by atoms with Gasteiger partial charge in [0.05, 0.1) is 5.92 Å². The van der Waals surface area contributed by atoms with Crippen LogP contribution in [0.3, 0.4) is 0 Å². The van der Waals surface area contributed by atoms with Crippen LogP contribution < -0.4 is 0 Å². The molecule has 1 aromatic carbocycles. The van der Waals surface area contributed by atoms with E-state index < -0.39 is 11.9 Å². The predicted molar refractivity (Wildman–Crippen MR) is 89.0 cm³/mol. The van der Waals surface area contributed by atoms with Crippen LogP contribution in [0, 0.1) is 22.7 Å². The molecule has 2 aliphatic carbocycles. The largest absolute Gasteiger partial charge is 0.481 e. The van der Waals surface area contributed by atoms with Crippen LogP contribution in [0.15, 0.2) is 42.0 Å². The Morgan fingerprint density at radius 3 is 2.48 bits per heavy atom. The van der Waals surface area contributed by atoms with Gasteiger partial charge in [0.1, 0.15) is 0 Å². The van der Waals surface area contributed by atoms with Gasteiger partial charge in [-0.3, -0.25) is 9.59 Å². The van der Waals surface area contributed by atoms with E-state index in [1.807, 2.05) is 37.3 Å². The van der Waals surface area contributed by atoms with Gasteiger partial charge in [-0.15, -0.1) is 0 Å². The number of hydrogen-bond donors (Lipinski definition) is 1. The summed E-state index contributed by atoms with van der Waals surface area (Å²) in [5.41, 5.74) is 1.33. The molecule has 0 aliphatic heterocycles. The number of hydrogen-bond acceptors (Lipinski definition) is 2. The topological polar surface area (TPSA) is 54.4 Å². The lowest BCUT2D eigenvalue weighted by atomic mass is 9.70. The van der Waals surface area contributed by atoms with Gasteiger partial charge in [0.2, 0.25) is 0 Å². The van der Waals surface area contributed by atoms with Gasteiger partial charge < -0.3 is 5.11 Å². The fourth-order valence-corrected chi connectivity index (χ4v) is 4.42. The van der Waals surface area contributed by atoms with Crippen LogP contribution >= 0.6 is 0 Å². The van der Waals surface area contributed by atoms with E-state index in [9.17, 15) is 14.7 Å². The third-order valence-electron chi connectivity index (χ3n) is 6.36. The second-order valence-electron chi connectivity index (χ2n) is 7.73. The standard InChI is InChI=1S/C20H24O3/c1-19(2)16-9-10-20(19,3)17(21)15(16)12-14(18(22)23)11-13-7-5-4-6-8-13/h4-8,12,14,16H,9-11H2,1-3H3,(H,22,23)/b15-12+/t14-,16+,20+/m1/s1. The highest BCUT2D eigenvalue weighted by Crippen LogP contribution is 2.65. The van der Waals surface area contributed by atoms with Gasteiger partial charge in [-0.2, -0.15) is 0 Å². The molecule has 2 aliphatic rings. The first-order chi connectivity index (χ1) is 10.8. The normalized spacial score (nSPS) is 31.5. The van der Waals surface area contributed by atoms with Crippen molar-refractivity contribution in [2.75, 3.05) is 0 Å². The van der Waals surface area contributed by atoms with E-state index >= 15 is 0 Å². The summed E-state index contributed by atoms with van der Waals surface area (Å²) in [6, 6.07) is 9.60. The Hall–Kier alpha value is -1.90. The fourth-order valence-electron chi connectivity index (χ4n) is 4.42. The Morgan fingerprint density at radius 1 is 1.30 bits per heavy atom. The summed E-state index contributed by atoms with van der Waals surface area (Å²) < 4.78 is 0. The molecular formula is C20H24O3. The molecule has 122 valence electrons. The number of aliphatic carboxylic acids is 1. The molecule has 1 aromatic rings. The molecule has 2 fully saturated rings. The maximum Gasteiger partial charge on any atom is 0.310 e. The molecule has 0 heterocycles. The Bertz CT molecular complexity index is 671. The van der Waals surface area contributed by atoms with Gasteiger partial charge >= 0.3 is 5.97 Å². The molecule has 0 amide bonds. The summed E-state index contributed by atoms with van der Waals surface area (Å²) in [6.07, 6.45) is 4.07. The minimum atomic E-state index is -0.861. The summed E-state index contributed by atoms with van der Waals surface area (Å²) in [6.45, 7) is 6.34. The van der Waals surface area contributed by atoms with Crippen molar-refractivity contribution in [2.45, 2.75) is 40.0 Å². The van der Waals surface area contributed by atoms with Crippen LogP contribution in [0.1, 0.15) is 39.2 Å². The summed E-state index contributed by atoms with van der Waals surface area (Å²) in [5.74, 6) is -1.15. The van der Waals surface area contributed by atoms with Gasteiger partial charge in [-0.1, -0.05) is 57.2 Å². The number of carbonyl (C=O) groups is 2. The number of fused-ring (bicyclic) bond motifs is 2. The molecular weight excluding hydrogens is 288 g/mol. The number of carbonyl (C=O) groups excluding carboxylic acids is 1. The van der Waals surface area contributed by atoms with Crippen molar-refractivity contribution >= 4 is 11.8 Å². The zero-order valence-corrected chi connectivity index (χ0v) is 14.0. The number of benzene rings is 1. The monoisotopic (exact) mass is 312 g/mol. The summed E-state index contributed by atoms with van der Waals surface area (Å²) in [4.78, 5) is 24.5. The number of carboxylic acids is 1. The molecule has 1 N–H and O–H groups in total. The third kappa shape index (κ3) is 2.34. The summed E-state index contributed by atoms with van der Waals surface area (Å²) in [7, 11) is 0. The molecule has 0 aromatic heterocycles. The SMILES string of the molecule is CC1(C)[C@H]2CC[C@@]1(C)C(=O)/C2=C/[C@@H](Cc1ccccc1)C(=O)O. The van der Waals surface area contributed by atoms with Crippen LogP contribution in [0.25, 0.3) is 0 Å². The van der Waals surface area contributed by atoms with Crippen molar-refractivity contribution in [3.8, 4) is 0 Å². The van der Waals surface area contributed by atoms with E-state index in [1.54, 1.807) is 6.08 Å². The maximum absolute atomic E-state index is 12.9. The van der Waals surface area contributed by atoms with Gasteiger partial charge in [0.25, 0.3) is 0 Å². The van der Waals surface area contributed by atoms with Crippen LogP contribution in [-0.4, -0.2) is 16.9 Å². The fraction of sp³-hybridized carbons (Fsp3) is 0.500. The van der Waals surface area contributed by atoms with Crippen molar-refractivity contribution in [1.82, 2.24) is 0 Å². The zero-order chi connectivity index (χ0) is 16.8. The number of rotatable bonds is 4. The number of Topliss-reactive ketones (excluding diaryl/α,β-unsaturated/α-hetero) is 1. The molecule has 0 saturated heterocycles. The van der Waals surface area contributed by atoms with E-state index in [4.69, 9.17) is 0 Å². The van der Waals surface area contributed by atoms with Gasteiger partial charge in [-0.25, -0.2) is 0 Å². The van der Waals surface area contributed by atoms with Crippen molar-refractivity contribution < 1.29 is 14.7 Å². The van der Waals surface area contributed by atoms with E-state index in [0.29, 0.717) is 6.42 Å². The first-order valence-electron chi connectivity index (χ1n) is 8.30. The summed E-state index contributed by atoms with van der Waals surface area (Å²) in [5, 5.41) is 9.59. The van der Waals surface area contributed by atoms with Crippen LogP contribution in [0.5, 0.6) is 0 Å². The van der Waals surface area contributed by atoms with E-state index in [1.165, 1.54) is 0 Å². The smallest absolute Gasteiger partial charge is 0.310 e. The molecule has 3 rings (SSSR count). The van der Waals surface area contributed by atoms with Crippen LogP contribution in [0.2, 0.25) is 0 Å². The molecule has 0 radical (unpaired) electrons. The Kier molecular flexibility index (Phi) is 3.70. The van der Waals surface area contributed by atoms with Crippen molar-refractivity contribution in [1.29, 1.82) is 0 Å². The molecule has 23 heavy (non-hydrogen) atoms. The highest BCUT2D eigenvalue weighted by atomic mass is 16.4. The lowest BCUT2D eigenvalue weighted by molar-refractivity contribution is -0.140. The second kappa shape index (κ2) is 5.33. The van der Waals surface area contributed by atoms with Crippen LogP contribution in [-0.2, 0) is 16.0 Å². The number of carboxylic acid groups (broad SMARTS) is 1. The highest BCUT2D eigenvalue weighted by Gasteiger charge is 2.63. The molecule has 2 bridgehead atoms. The molecule has 0 spiro atoms. The Morgan fingerprint density at radius 2 is 1.96 bits per heavy atom. The first-order valence-corrected chi connectivity index (χ1v) is 8.30. The van der Waals surface area contributed by atoms with Crippen molar-refractivity contribution in [3.63, 3.8) is 0 Å². The van der Waals surface area contributed by atoms with Gasteiger partial charge in [-0.05, 0) is 41.7 Å². The average Bonchev–Trinajstić information content (AvgIpc) is 2.81. The zero-order valence-electron chi connectivity index (χ0n) is 14.0. The van der Waals surface area contributed by atoms with Crippen molar-refractivity contribution in [2.24, 2.45) is 22.7 Å². The number of ketones is 1. The van der Waals surface area contributed by atoms with E-state index in [-0.39, 0.29) is 22.5 Å². The molecule has 3 atom stereocenters. The summed E-state index contributed by atoms with van der Waals surface area (Å²) >= 11 is 0. The number of allylic oxidation sites excluding steroid dienone is 1. The van der Waals surface area contributed by atoms with Gasteiger partial charge in [0, 0.05) is 5.41 Å². The predicted octanol–water partition coefficient (Wildman–Crippen LogP) is 3.88. The lowest BCUT2D eigenvalue weighted by Crippen LogP contribution is -2.32. The lowest BCUT2D eigenvalue weighted by Gasteiger charge is -2.31. The molecule has 3 heteroatoms. The average molecular weight is 312 g/mol. The highest BCUT2D eigenvalue weighted by molar-refractivity contribution is 6.05. The van der Waals surface area contributed by atoms with Crippen LogP contribution in [0.4, 0.5) is 0 Å². The molecule has 0 unspecified atom stereocenters. The minimum absolute atomic E-state index is 0.0777.